The Hall–Kier alpha value is -3.90. The lowest BCUT2D eigenvalue weighted by Crippen LogP contribution is -2.35. The van der Waals surface area contributed by atoms with Gasteiger partial charge in [0.1, 0.15) is 22.1 Å². The molecule has 0 bridgehead atoms. The number of aryl methyl sites for hydroxylation is 1. The Morgan fingerprint density at radius 1 is 1.12 bits per heavy atom. The van der Waals surface area contributed by atoms with Crippen molar-refractivity contribution in [3.8, 4) is 10.4 Å². The molecule has 7 nitrogen and oxygen atoms in total. The average molecular weight is 586 g/mol. The molecule has 214 valence electrons. The number of primary amides is 1. The Kier molecular flexibility index (Phi) is 7.80. The number of amides is 1. The molecule has 41 heavy (non-hydrogen) atoms. The number of hydrogen-bond acceptors (Lipinski definition) is 7. The van der Waals surface area contributed by atoms with E-state index in [1.807, 2.05) is 13.0 Å². The van der Waals surface area contributed by atoms with E-state index in [9.17, 15) is 27.5 Å². The zero-order valence-corrected chi connectivity index (χ0v) is 22.8. The number of aliphatic hydroxyl groups is 1. The summed E-state index contributed by atoms with van der Waals surface area (Å²) < 4.78 is 54.1. The average Bonchev–Trinajstić information content (AvgIpc) is 3.44. The molecule has 0 radical (unpaired) electrons. The highest BCUT2D eigenvalue weighted by molar-refractivity contribution is 7.15. The molecule has 2 heterocycles. The topological polar surface area (TPSA) is 105 Å². The fourth-order valence-corrected chi connectivity index (χ4v) is 6.01. The van der Waals surface area contributed by atoms with Crippen LogP contribution in [0.5, 0.6) is 0 Å². The minimum Gasteiger partial charge on any atom is -0.383 e. The fraction of sp³-hybridized carbons (Fsp3) is 0.310. The number of hydrogen-bond donors (Lipinski definition) is 2. The number of halogens is 4. The second kappa shape index (κ2) is 11.2. The van der Waals surface area contributed by atoms with Crippen LogP contribution >= 0.6 is 11.3 Å². The summed E-state index contributed by atoms with van der Waals surface area (Å²) in [6.07, 6.45) is -0.261. The van der Waals surface area contributed by atoms with Gasteiger partial charge in [-0.3, -0.25) is 4.79 Å². The summed E-state index contributed by atoms with van der Waals surface area (Å²) in [5.74, 6) is -1.22. The molecule has 0 unspecified atom stereocenters. The predicted molar refractivity (Wildman–Crippen MR) is 147 cm³/mol. The van der Waals surface area contributed by atoms with Crippen molar-refractivity contribution in [2.24, 2.45) is 11.7 Å². The highest BCUT2D eigenvalue weighted by Crippen LogP contribution is 2.43. The van der Waals surface area contributed by atoms with Gasteiger partial charge in [0.25, 0.3) is 0 Å². The number of alkyl halides is 3. The fourth-order valence-electron chi connectivity index (χ4n) is 4.96. The van der Waals surface area contributed by atoms with Crippen LogP contribution < -0.4 is 10.6 Å². The zero-order valence-electron chi connectivity index (χ0n) is 22.0. The maximum atomic E-state index is 13.6. The van der Waals surface area contributed by atoms with Crippen LogP contribution in [0.1, 0.15) is 47.5 Å². The number of rotatable bonds is 7. The van der Waals surface area contributed by atoms with E-state index in [1.165, 1.54) is 23.5 Å². The number of aromatic nitrogens is 3. The first-order valence-corrected chi connectivity index (χ1v) is 13.8. The van der Waals surface area contributed by atoms with Crippen LogP contribution in [0.2, 0.25) is 0 Å². The molecule has 12 heteroatoms. The van der Waals surface area contributed by atoms with Crippen molar-refractivity contribution in [3.63, 3.8) is 0 Å². The number of carbonyl (C=O) groups excluding carboxylic acids is 1. The Balaban J connectivity index is 1.51. The highest BCUT2D eigenvalue weighted by Gasteiger charge is 2.39. The number of thiazole rings is 1. The molecule has 1 aliphatic carbocycles. The quantitative estimate of drug-likeness (QED) is 0.248. The van der Waals surface area contributed by atoms with Gasteiger partial charge in [-0.1, -0.05) is 18.2 Å². The number of anilines is 2. The van der Waals surface area contributed by atoms with Crippen molar-refractivity contribution in [2.75, 3.05) is 4.90 Å². The molecule has 1 aliphatic rings. The molecular formula is C29H27F4N5O2S. The molecule has 2 aromatic heterocycles. The van der Waals surface area contributed by atoms with Gasteiger partial charge >= 0.3 is 6.18 Å². The van der Waals surface area contributed by atoms with Crippen LogP contribution in [0.15, 0.2) is 60.9 Å². The molecule has 0 atom stereocenters. The Bertz CT molecular complexity index is 1550. The number of nitrogens with two attached hydrogens (primary N) is 1. The lowest BCUT2D eigenvalue weighted by molar-refractivity contribution is -0.141. The van der Waals surface area contributed by atoms with Crippen LogP contribution in [0.4, 0.5) is 29.2 Å². The molecule has 1 fully saturated rings. The van der Waals surface area contributed by atoms with Gasteiger partial charge in [-0.15, -0.1) is 11.3 Å². The normalized spacial score (nSPS) is 19.2. The third kappa shape index (κ3) is 6.38. The lowest BCUT2D eigenvalue weighted by Gasteiger charge is -2.33. The summed E-state index contributed by atoms with van der Waals surface area (Å²) >= 11 is 1.32. The van der Waals surface area contributed by atoms with E-state index < -0.39 is 23.3 Å². The first-order valence-electron chi connectivity index (χ1n) is 12.9. The summed E-state index contributed by atoms with van der Waals surface area (Å²) in [5, 5.41) is 11.8. The molecule has 1 amide bonds. The predicted octanol–water partition coefficient (Wildman–Crippen LogP) is 6.27. The van der Waals surface area contributed by atoms with Gasteiger partial charge in [0.15, 0.2) is 0 Å². The van der Waals surface area contributed by atoms with Crippen molar-refractivity contribution in [2.45, 2.75) is 50.9 Å². The van der Waals surface area contributed by atoms with Gasteiger partial charge < -0.3 is 15.7 Å². The van der Waals surface area contributed by atoms with Crippen LogP contribution in [-0.4, -0.2) is 26.0 Å². The van der Waals surface area contributed by atoms with Gasteiger partial charge in [0, 0.05) is 24.0 Å². The largest absolute Gasteiger partial charge is 0.433 e. The van der Waals surface area contributed by atoms with Crippen molar-refractivity contribution in [1.82, 2.24) is 15.0 Å². The molecule has 4 aromatic rings. The maximum Gasteiger partial charge on any atom is 0.433 e. The van der Waals surface area contributed by atoms with Crippen LogP contribution in [0.3, 0.4) is 0 Å². The number of benzene rings is 2. The molecule has 2 aromatic carbocycles. The standard InChI is InChI=1S/C29H27F4N5O2S/c1-17-12-20(23-15-36-26(41-23)28(40)9-6-19(7-10-28)25(34)39)14-22(13-17)38(16-18-2-4-21(30)5-3-18)27-35-11-8-24(37-27)29(31,32)33/h2-5,8,11-15,19,40H,6-7,9-10,16H2,1H3,(H2,34,39). The number of nitrogens with zero attached hydrogens (tertiary/aromatic N) is 4. The van der Waals surface area contributed by atoms with Crippen LogP contribution in [0.25, 0.3) is 10.4 Å². The number of carbonyl (C=O) groups is 1. The summed E-state index contributed by atoms with van der Waals surface area (Å²) in [6, 6.07) is 12.0. The third-order valence-electron chi connectivity index (χ3n) is 7.21. The SMILES string of the molecule is Cc1cc(-c2cnc(C3(O)CCC(C(N)=O)CC3)s2)cc(N(Cc2ccc(F)cc2)c2nccc(C(F)(F)F)n2)c1. The Morgan fingerprint density at radius 3 is 2.49 bits per heavy atom. The summed E-state index contributed by atoms with van der Waals surface area (Å²) in [5.41, 5.74) is 5.93. The van der Waals surface area contributed by atoms with Gasteiger partial charge in [0.2, 0.25) is 11.9 Å². The monoisotopic (exact) mass is 585 g/mol. The first-order chi connectivity index (χ1) is 19.4. The highest BCUT2D eigenvalue weighted by atomic mass is 32.1. The van der Waals surface area contributed by atoms with Crippen molar-refractivity contribution in [1.29, 1.82) is 0 Å². The molecule has 1 saturated carbocycles. The van der Waals surface area contributed by atoms with Crippen LogP contribution in [0, 0.1) is 18.7 Å². The molecule has 5 rings (SSSR count). The minimum absolute atomic E-state index is 0.0825. The van der Waals surface area contributed by atoms with Gasteiger partial charge in [-0.2, -0.15) is 13.2 Å². The molecule has 0 spiro atoms. The summed E-state index contributed by atoms with van der Waals surface area (Å²) in [6.45, 7) is 1.94. The second-order valence-electron chi connectivity index (χ2n) is 10.2. The molecule has 0 aliphatic heterocycles. The van der Waals surface area contributed by atoms with Crippen molar-refractivity contribution in [3.05, 3.63) is 88.6 Å². The van der Waals surface area contributed by atoms with Gasteiger partial charge in [-0.25, -0.2) is 19.3 Å². The van der Waals surface area contributed by atoms with Gasteiger partial charge in [-0.05, 0) is 79.6 Å². The minimum atomic E-state index is -4.66. The van der Waals surface area contributed by atoms with Crippen LogP contribution in [-0.2, 0) is 23.1 Å². The first kappa shape index (κ1) is 28.6. The summed E-state index contributed by atoms with van der Waals surface area (Å²) in [7, 11) is 0. The Morgan fingerprint density at radius 2 is 1.83 bits per heavy atom. The lowest BCUT2D eigenvalue weighted by atomic mass is 9.79. The molecular weight excluding hydrogens is 558 g/mol. The van der Waals surface area contributed by atoms with E-state index >= 15 is 0 Å². The maximum absolute atomic E-state index is 13.6. The van der Waals surface area contributed by atoms with Crippen molar-refractivity contribution >= 4 is 28.9 Å². The Labute approximate surface area is 237 Å². The second-order valence-corrected chi connectivity index (χ2v) is 11.3. The van der Waals surface area contributed by atoms with E-state index in [0.29, 0.717) is 41.9 Å². The smallest absolute Gasteiger partial charge is 0.383 e. The van der Waals surface area contributed by atoms with E-state index in [4.69, 9.17) is 5.73 Å². The van der Waals surface area contributed by atoms with E-state index in [1.54, 1.807) is 35.4 Å². The van der Waals surface area contributed by atoms with E-state index in [-0.39, 0.29) is 24.3 Å². The van der Waals surface area contributed by atoms with E-state index in [0.717, 1.165) is 28.3 Å². The summed E-state index contributed by atoms with van der Waals surface area (Å²) in [4.78, 5) is 26.3. The third-order valence-corrected chi connectivity index (χ3v) is 8.45. The zero-order chi connectivity index (χ0) is 29.4. The van der Waals surface area contributed by atoms with Crippen molar-refractivity contribution < 1.29 is 27.5 Å². The molecule has 0 saturated heterocycles. The van der Waals surface area contributed by atoms with E-state index in [2.05, 4.69) is 15.0 Å². The van der Waals surface area contributed by atoms with Gasteiger partial charge in [0.05, 0.1) is 11.4 Å². The molecule has 3 N–H and O–H groups in total.